The first-order chi connectivity index (χ1) is 8.09. The van der Waals surface area contributed by atoms with E-state index in [1.54, 1.807) is 18.2 Å². The lowest BCUT2D eigenvalue weighted by Gasteiger charge is -2.15. The average molecular weight is 239 g/mol. The van der Waals surface area contributed by atoms with Gasteiger partial charge in [0, 0.05) is 6.04 Å². The first kappa shape index (κ1) is 14.0. The van der Waals surface area contributed by atoms with Gasteiger partial charge in [0.05, 0.1) is 6.10 Å². The van der Waals surface area contributed by atoms with Crippen molar-refractivity contribution in [2.75, 3.05) is 6.54 Å². The fourth-order valence-electron chi connectivity index (χ4n) is 1.60. The molecule has 1 aromatic carbocycles. The van der Waals surface area contributed by atoms with Crippen LogP contribution in [0.5, 0.6) is 5.75 Å². The van der Waals surface area contributed by atoms with Crippen LogP contribution in [0.4, 0.5) is 4.39 Å². The van der Waals surface area contributed by atoms with Gasteiger partial charge in [-0.3, -0.25) is 0 Å². The van der Waals surface area contributed by atoms with Crippen LogP contribution in [0, 0.1) is 5.82 Å². The molecule has 1 atom stereocenters. The first-order valence-corrected chi connectivity index (χ1v) is 6.24. The second-order valence-electron chi connectivity index (χ2n) is 4.61. The van der Waals surface area contributed by atoms with Crippen molar-refractivity contribution in [1.29, 1.82) is 0 Å². The second kappa shape index (κ2) is 7.28. The maximum atomic E-state index is 13.3. The highest BCUT2D eigenvalue weighted by Crippen LogP contribution is 2.18. The smallest absolute Gasteiger partial charge is 0.165 e. The molecule has 1 N–H and O–H groups in total. The number of rotatable bonds is 7. The lowest BCUT2D eigenvalue weighted by Crippen LogP contribution is -2.25. The van der Waals surface area contributed by atoms with Gasteiger partial charge in [-0.15, -0.1) is 0 Å². The molecular weight excluding hydrogens is 217 g/mol. The predicted molar refractivity (Wildman–Crippen MR) is 68.9 cm³/mol. The maximum absolute atomic E-state index is 13.3. The van der Waals surface area contributed by atoms with Crippen molar-refractivity contribution in [2.45, 2.75) is 45.8 Å². The molecule has 0 spiro atoms. The molecule has 0 aliphatic heterocycles. The summed E-state index contributed by atoms with van der Waals surface area (Å²) >= 11 is 0. The summed E-state index contributed by atoms with van der Waals surface area (Å²) in [4.78, 5) is 0. The lowest BCUT2D eigenvalue weighted by atomic mass is 10.2. The Hall–Kier alpha value is -1.09. The van der Waals surface area contributed by atoms with E-state index in [9.17, 15) is 4.39 Å². The summed E-state index contributed by atoms with van der Waals surface area (Å²) in [5.41, 5.74) is 0. The SMILES string of the molecule is CC(C)NCCCC(C)Oc1ccccc1F. The normalized spacial score (nSPS) is 12.8. The van der Waals surface area contributed by atoms with Gasteiger partial charge in [0.1, 0.15) is 0 Å². The minimum Gasteiger partial charge on any atom is -0.488 e. The molecule has 0 aromatic heterocycles. The Kier molecular flexibility index (Phi) is 5.98. The molecule has 0 heterocycles. The summed E-state index contributed by atoms with van der Waals surface area (Å²) in [7, 11) is 0. The maximum Gasteiger partial charge on any atom is 0.165 e. The number of benzene rings is 1. The van der Waals surface area contributed by atoms with Crippen molar-refractivity contribution in [1.82, 2.24) is 5.32 Å². The van der Waals surface area contributed by atoms with E-state index in [4.69, 9.17) is 4.74 Å². The molecule has 0 fully saturated rings. The number of para-hydroxylation sites is 1. The molecule has 96 valence electrons. The van der Waals surface area contributed by atoms with E-state index in [1.807, 2.05) is 6.92 Å². The third-order valence-electron chi connectivity index (χ3n) is 2.50. The Labute approximate surface area is 103 Å². The van der Waals surface area contributed by atoms with E-state index in [0.717, 1.165) is 19.4 Å². The van der Waals surface area contributed by atoms with Crippen LogP contribution in [0.15, 0.2) is 24.3 Å². The van der Waals surface area contributed by atoms with Crippen LogP contribution in [-0.2, 0) is 0 Å². The zero-order chi connectivity index (χ0) is 12.7. The summed E-state index contributed by atoms with van der Waals surface area (Å²) in [6, 6.07) is 7.05. The third-order valence-corrected chi connectivity index (χ3v) is 2.50. The van der Waals surface area contributed by atoms with Crippen LogP contribution in [0.1, 0.15) is 33.6 Å². The fraction of sp³-hybridized carbons (Fsp3) is 0.571. The Balaban J connectivity index is 2.25. The van der Waals surface area contributed by atoms with Crippen LogP contribution >= 0.6 is 0 Å². The molecule has 1 unspecified atom stereocenters. The van der Waals surface area contributed by atoms with Gasteiger partial charge in [-0.25, -0.2) is 4.39 Å². The third kappa shape index (κ3) is 5.68. The molecule has 0 amide bonds. The molecule has 0 bridgehead atoms. The molecule has 17 heavy (non-hydrogen) atoms. The van der Waals surface area contributed by atoms with E-state index < -0.39 is 0 Å². The first-order valence-electron chi connectivity index (χ1n) is 6.24. The van der Waals surface area contributed by atoms with E-state index in [2.05, 4.69) is 19.2 Å². The Bertz CT molecular complexity index is 328. The Morgan fingerprint density at radius 1 is 1.24 bits per heavy atom. The summed E-state index contributed by atoms with van der Waals surface area (Å²) < 4.78 is 18.9. The van der Waals surface area contributed by atoms with Crippen molar-refractivity contribution in [3.05, 3.63) is 30.1 Å². The predicted octanol–water partition coefficient (Wildman–Crippen LogP) is 3.37. The van der Waals surface area contributed by atoms with Crippen molar-refractivity contribution in [3.8, 4) is 5.75 Å². The van der Waals surface area contributed by atoms with Gasteiger partial charge in [0.2, 0.25) is 0 Å². The average Bonchev–Trinajstić information content (AvgIpc) is 2.27. The van der Waals surface area contributed by atoms with Crippen LogP contribution in [0.3, 0.4) is 0 Å². The molecular formula is C14H22FNO. The fourth-order valence-corrected chi connectivity index (χ4v) is 1.60. The van der Waals surface area contributed by atoms with Crippen LogP contribution in [-0.4, -0.2) is 18.7 Å². The summed E-state index contributed by atoms with van der Waals surface area (Å²) in [5.74, 6) is 0.0523. The van der Waals surface area contributed by atoms with Gasteiger partial charge in [0.15, 0.2) is 11.6 Å². The second-order valence-corrected chi connectivity index (χ2v) is 4.61. The molecule has 0 radical (unpaired) electrons. The quantitative estimate of drug-likeness (QED) is 0.737. The van der Waals surface area contributed by atoms with Gasteiger partial charge >= 0.3 is 0 Å². The number of hydrogen-bond acceptors (Lipinski definition) is 2. The Morgan fingerprint density at radius 2 is 1.94 bits per heavy atom. The van der Waals surface area contributed by atoms with Gasteiger partial charge in [-0.2, -0.15) is 0 Å². The topological polar surface area (TPSA) is 21.3 Å². The van der Waals surface area contributed by atoms with Crippen molar-refractivity contribution >= 4 is 0 Å². The van der Waals surface area contributed by atoms with Crippen molar-refractivity contribution in [3.63, 3.8) is 0 Å². The largest absolute Gasteiger partial charge is 0.488 e. The zero-order valence-electron chi connectivity index (χ0n) is 10.9. The standard InChI is InChI=1S/C14H22FNO/c1-11(2)16-10-6-7-12(3)17-14-9-5-4-8-13(14)15/h4-5,8-9,11-12,16H,6-7,10H2,1-3H3. The highest BCUT2D eigenvalue weighted by molar-refractivity contribution is 5.23. The highest BCUT2D eigenvalue weighted by Gasteiger charge is 2.07. The Morgan fingerprint density at radius 3 is 2.59 bits per heavy atom. The van der Waals surface area contributed by atoms with Crippen LogP contribution < -0.4 is 10.1 Å². The number of halogens is 1. The van der Waals surface area contributed by atoms with Gasteiger partial charge in [0.25, 0.3) is 0 Å². The number of hydrogen-bond donors (Lipinski definition) is 1. The summed E-state index contributed by atoms with van der Waals surface area (Å²) in [6.45, 7) is 7.20. The van der Waals surface area contributed by atoms with E-state index in [-0.39, 0.29) is 11.9 Å². The van der Waals surface area contributed by atoms with Crippen LogP contribution in [0.2, 0.25) is 0 Å². The minimum atomic E-state index is -0.292. The summed E-state index contributed by atoms with van der Waals surface area (Å²) in [5, 5.41) is 3.35. The van der Waals surface area contributed by atoms with Crippen LogP contribution in [0.25, 0.3) is 0 Å². The molecule has 0 aliphatic rings. The van der Waals surface area contributed by atoms with E-state index in [0.29, 0.717) is 11.8 Å². The summed E-state index contributed by atoms with van der Waals surface area (Å²) in [6.07, 6.45) is 2.00. The molecule has 1 aromatic rings. The highest BCUT2D eigenvalue weighted by atomic mass is 19.1. The van der Waals surface area contributed by atoms with Crippen molar-refractivity contribution in [2.24, 2.45) is 0 Å². The monoisotopic (exact) mass is 239 g/mol. The zero-order valence-corrected chi connectivity index (χ0v) is 10.9. The minimum absolute atomic E-state index is 0.0425. The molecule has 2 nitrogen and oxygen atoms in total. The van der Waals surface area contributed by atoms with Gasteiger partial charge in [-0.05, 0) is 38.4 Å². The lowest BCUT2D eigenvalue weighted by molar-refractivity contribution is 0.198. The van der Waals surface area contributed by atoms with E-state index in [1.165, 1.54) is 6.07 Å². The van der Waals surface area contributed by atoms with Gasteiger partial charge in [-0.1, -0.05) is 26.0 Å². The number of ether oxygens (including phenoxy) is 1. The molecule has 0 saturated heterocycles. The van der Waals surface area contributed by atoms with Gasteiger partial charge < -0.3 is 10.1 Å². The number of nitrogens with one attached hydrogen (secondary N) is 1. The van der Waals surface area contributed by atoms with Crippen molar-refractivity contribution < 1.29 is 9.13 Å². The van der Waals surface area contributed by atoms with E-state index >= 15 is 0 Å². The molecule has 0 saturated carbocycles. The molecule has 3 heteroatoms. The molecule has 1 rings (SSSR count). The molecule has 0 aliphatic carbocycles.